The summed E-state index contributed by atoms with van der Waals surface area (Å²) in [7, 11) is -3.23. The van der Waals surface area contributed by atoms with Gasteiger partial charge < -0.3 is 0 Å². The molecule has 0 amide bonds. The molecule has 0 heterocycles. The first-order chi connectivity index (χ1) is 12.4. The maximum Gasteiger partial charge on any atom is 0.269 e. The van der Waals surface area contributed by atoms with Gasteiger partial charge in [-0.2, -0.15) is 0 Å². The average Bonchev–Trinajstić information content (AvgIpc) is 2.65. The summed E-state index contributed by atoms with van der Waals surface area (Å²) in [4.78, 5) is 10.4. The molecule has 0 fully saturated rings. The molecule has 0 N–H and O–H groups in total. The molecule has 0 saturated heterocycles. The van der Waals surface area contributed by atoms with Crippen LogP contribution in [0.3, 0.4) is 0 Å². The van der Waals surface area contributed by atoms with Crippen LogP contribution in [-0.2, 0) is 16.3 Å². The van der Waals surface area contributed by atoms with E-state index >= 15 is 0 Å². The van der Waals surface area contributed by atoms with Gasteiger partial charge in [0.2, 0.25) is 0 Å². The summed E-state index contributed by atoms with van der Waals surface area (Å²) in [6.07, 6.45) is 2.80. The first kappa shape index (κ1) is 18.6. The minimum absolute atomic E-state index is 0.0482. The molecule has 0 radical (unpaired) electrons. The van der Waals surface area contributed by atoms with Crippen LogP contribution in [0.4, 0.5) is 5.69 Å². The van der Waals surface area contributed by atoms with E-state index in [0.29, 0.717) is 12.8 Å². The van der Waals surface area contributed by atoms with Crippen LogP contribution in [0, 0.1) is 10.1 Å². The van der Waals surface area contributed by atoms with E-state index in [9.17, 15) is 18.5 Å². The van der Waals surface area contributed by atoms with Crippen LogP contribution < -0.4 is 0 Å². The third kappa shape index (κ3) is 3.80. The van der Waals surface area contributed by atoms with Crippen LogP contribution in [0.15, 0.2) is 48.5 Å². The predicted molar refractivity (Wildman–Crippen MR) is 102 cm³/mol. The van der Waals surface area contributed by atoms with Gasteiger partial charge in [0.25, 0.3) is 5.69 Å². The standard InChI is InChI=1S/C20H23NO4S/c1-2-3-12-26(24,25)20-14-17(13-16-6-4-5-7-19(16)20)15-8-10-18(11-9-15)21(22)23/h4-11,17,20H,2-3,12-14H2,1H3. The Balaban J connectivity index is 1.95. The third-order valence-electron chi connectivity index (χ3n) is 5.16. The van der Waals surface area contributed by atoms with E-state index in [1.54, 1.807) is 12.1 Å². The molecule has 0 bridgehead atoms. The highest BCUT2D eigenvalue weighted by Crippen LogP contribution is 2.43. The van der Waals surface area contributed by atoms with Crippen LogP contribution in [0.25, 0.3) is 0 Å². The van der Waals surface area contributed by atoms with Crippen molar-refractivity contribution in [1.82, 2.24) is 0 Å². The number of hydrogen-bond donors (Lipinski definition) is 0. The number of benzene rings is 2. The summed E-state index contributed by atoms with van der Waals surface area (Å²) in [6.45, 7) is 1.99. The minimum Gasteiger partial charge on any atom is -0.258 e. The topological polar surface area (TPSA) is 77.3 Å². The number of nitrogens with zero attached hydrogens (tertiary/aromatic N) is 1. The molecule has 138 valence electrons. The van der Waals surface area contributed by atoms with E-state index in [1.165, 1.54) is 12.1 Å². The maximum atomic E-state index is 12.9. The Morgan fingerprint density at radius 3 is 2.46 bits per heavy atom. The van der Waals surface area contributed by atoms with Gasteiger partial charge in [-0.3, -0.25) is 10.1 Å². The molecule has 26 heavy (non-hydrogen) atoms. The van der Waals surface area contributed by atoms with E-state index < -0.39 is 20.0 Å². The number of non-ortho nitro benzene ring substituents is 1. The number of hydrogen-bond acceptors (Lipinski definition) is 4. The molecule has 3 rings (SSSR count). The molecule has 2 aromatic carbocycles. The summed E-state index contributed by atoms with van der Waals surface area (Å²) < 4.78 is 25.9. The predicted octanol–water partition coefficient (Wildman–Crippen LogP) is 4.58. The lowest BCUT2D eigenvalue weighted by atomic mass is 9.80. The molecular weight excluding hydrogens is 350 g/mol. The monoisotopic (exact) mass is 373 g/mol. The van der Waals surface area contributed by atoms with Gasteiger partial charge in [-0.1, -0.05) is 49.7 Å². The summed E-state index contributed by atoms with van der Waals surface area (Å²) in [5, 5.41) is 10.4. The van der Waals surface area contributed by atoms with Crippen LogP contribution in [0.5, 0.6) is 0 Å². The highest BCUT2D eigenvalue weighted by atomic mass is 32.2. The summed E-state index contributed by atoms with van der Waals surface area (Å²) in [5.41, 5.74) is 2.99. The fourth-order valence-electron chi connectivity index (χ4n) is 3.72. The first-order valence-electron chi connectivity index (χ1n) is 8.96. The summed E-state index contributed by atoms with van der Waals surface area (Å²) >= 11 is 0. The third-order valence-corrected chi connectivity index (χ3v) is 7.33. The fourth-order valence-corrected chi connectivity index (χ4v) is 5.84. The Bertz CT molecular complexity index is 890. The van der Waals surface area contributed by atoms with Crippen molar-refractivity contribution in [3.05, 3.63) is 75.3 Å². The van der Waals surface area contributed by atoms with Crippen LogP contribution in [0.2, 0.25) is 0 Å². The number of unbranched alkanes of at least 4 members (excludes halogenated alkanes) is 1. The highest BCUT2D eigenvalue weighted by Gasteiger charge is 2.35. The lowest BCUT2D eigenvalue weighted by molar-refractivity contribution is -0.384. The molecule has 2 aromatic rings. The second-order valence-electron chi connectivity index (χ2n) is 6.89. The zero-order chi connectivity index (χ0) is 18.7. The Hall–Kier alpha value is -2.21. The molecular formula is C20H23NO4S. The molecule has 0 saturated carbocycles. The lowest BCUT2D eigenvalue weighted by Gasteiger charge is -2.31. The average molecular weight is 373 g/mol. The van der Waals surface area contributed by atoms with Crippen molar-refractivity contribution in [2.24, 2.45) is 0 Å². The molecule has 0 spiro atoms. The van der Waals surface area contributed by atoms with Crippen molar-refractivity contribution in [1.29, 1.82) is 0 Å². The zero-order valence-electron chi connectivity index (χ0n) is 14.8. The van der Waals surface area contributed by atoms with Gasteiger partial charge in [0.05, 0.1) is 15.9 Å². The van der Waals surface area contributed by atoms with Crippen molar-refractivity contribution >= 4 is 15.5 Å². The van der Waals surface area contributed by atoms with Gasteiger partial charge in [-0.05, 0) is 41.9 Å². The number of nitro groups is 1. The van der Waals surface area contributed by atoms with Gasteiger partial charge in [0, 0.05) is 12.1 Å². The molecule has 1 aliphatic carbocycles. The number of rotatable bonds is 6. The number of nitro benzene ring substituents is 1. The van der Waals surface area contributed by atoms with Crippen molar-refractivity contribution in [2.75, 3.05) is 5.75 Å². The summed E-state index contributed by atoms with van der Waals surface area (Å²) in [6, 6.07) is 14.3. The van der Waals surface area contributed by atoms with Crippen LogP contribution in [0.1, 0.15) is 54.0 Å². The van der Waals surface area contributed by atoms with Crippen molar-refractivity contribution in [2.45, 2.75) is 43.8 Å². The van der Waals surface area contributed by atoms with E-state index in [-0.39, 0.29) is 17.4 Å². The molecule has 5 nitrogen and oxygen atoms in total. The molecule has 2 unspecified atom stereocenters. The quantitative estimate of drug-likeness (QED) is 0.548. The minimum atomic E-state index is -3.23. The van der Waals surface area contributed by atoms with E-state index in [0.717, 1.165) is 29.5 Å². The Morgan fingerprint density at radius 2 is 1.81 bits per heavy atom. The smallest absolute Gasteiger partial charge is 0.258 e. The Kier molecular flexibility index (Phi) is 5.41. The number of sulfone groups is 1. The zero-order valence-corrected chi connectivity index (χ0v) is 15.6. The fraction of sp³-hybridized carbons (Fsp3) is 0.400. The van der Waals surface area contributed by atoms with Gasteiger partial charge in [0.15, 0.2) is 9.84 Å². The number of fused-ring (bicyclic) bond motifs is 1. The van der Waals surface area contributed by atoms with E-state index in [4.69, 9.17) is 0 Å². The Labute approximate surface area is 154 Å². The molecule has 0 aliphatic heterocycles. The van der Waals surface area contributed by atoms with Crippen molar-refractivity contribution in [3.63, 3.8) is 0 Å². The second-order valence-corrected chi connectivity index (χ2v) is 9.20. The second kappa shape index (κ2) is 7.58. The lowest BCUT2D eigenvalue weighted by Crippen LogP contribution is -2.25. The highest BCUT2D eigenvalue weighted by molar-refractivity contribution is 7.91. The van der Waals surface area contributed by atoms with Crippen LogP contribution in [-0.4, -0.2) is 19.1 Å². The van der Waals surface area contributed by atoms with Gasteiger partial charge in [-0.15, -0.1) is 0 Å². The SMILES string of the molecule is CCCCS(=O)(=O)C1CC(c2ccc([N+](=O)[O-])cc2)Cc2ccccc21. The van der Waals surface area contributed by atoms with E-state index in [2.05, 4.69) is 0 Å². The Morgan fingerprint density at radius 1 is 1.12 bits per heavy atom. The maximum absolute atomic E-state index is 12.9. The van der Waals surface area contributed by atoms with Gasteiger partial charge in [-0.25, -0.2) is 8.42 Å². The van der Waals surface area contributed by atoms with Gasteiger partial charge >= 0.3 is 0 Å². The molecule has 1 aliphatic rings. The first-order valence-corrected chi connectivity index (χ1v) is 10.7. The summed E-state index contributed by atoms with van der Waals surface area (Å²) in [5.74, 6) is 0.252. The molecule has 0 aromatic heterocycles. The van der Waals surface area contributed by atoms with Gasteiger partial charge in [0.1, 0.15) is 0 Å². The normalized spacial score (nSPS) is 19.7. The molecule has 2 atom stereocenters. The van der Waals surface area contributed by atoms with Crippen molar-refractivity contribution < 1.29 is 13.3 Å². The van der Waals surface area contributed by atoms with Crippen LogP contribution >= 0.6 is 0 Å². The van der Waals surface area contributed by atoms with E-state index in [1.807, 2.05) is 31.2 Å². The van der Waals surface area contributed by atoms with Crippen molar-refractivity contribution in [3.8, 4) is 0 Å². The molecule has 6 heteroatoms. The largest absolute Gasteiger partial charge is 0.269 e.